The summed E-state index contributed by atoms with van der Waals surface area (Å²) in [6, 6.07) is 8.83. The van der Waals surface area contributed by atoms with E-state index in [-0.39, 0.29) is 12.3 Å². The van der Waals surface area contributed by atoms with Crippen molar-refractivity contribution in [3.8, 4) is 0 Å². The molecular weight excluding hydrogens is 230 g/mol. The summed E-state index contributed by atoms with van der Waals surface area (Å²) in [5.74, 6) is -1.46. The van der Waals surface area contributed by atoms with Crippen LogP contribution in [0, 0.1) is 10.1 Å². The van der Waals surface area contributed by atoms with Crippen LogP contribution in [-0.4, -0.2) is 23.2 Å². The molecule has 0 aliphatic rings. The van der Waals surface area contributed by atoms with Gasteiger partial charge >= 0.3 is 0 Å². The molecule has 1 aromatic carbocycles. The van der Waals surface area contributed by atoms with E-state index in [0.717, 1.165) is 17.3 Å². The van der Waals surface area contributed by atoms with Gasteiger partial charge in [0.25, 0.3) is 0 Å². The maximum atomic E-state index is 10.5. The number of hydrogen-bond donors (Lipinski definition) is 0. The molecule has 1 atom stereocenters. The molecule has 1 rings (SSSR count). The molecular formula is C10H10NO4S-. The quantitative estimate of drug-likeness (QED) is 0.533. The van der Waals surface area contributed by atoms with Gasteiger partial charge in [-0.05, 0) is 5.56 Å². The van der Waals surface area contributed by atoms with E-state index in [2.05, 4.69) is 0 Å². The van der Waals surface area contributed by atoms with Crippen LogP contribution in [0.5, 0.6) is 0 Å². The zero-order valence-corrected chi connectivity index (χ0v) is 9.18. The normalized spacial score (nSPS) is 12.0. The highest BCUT2D eigenvalue weighted by Crippen LogP contribution is 2.28. The van der Waals surface area contributed by atoms with Crippen molar-refractivity contribution in [2.45, 2.75) is 5.25 Å². The molecule has 0 aliphatic carbocycles. The third-order valence-corrected chi connectivity index (χ3v) is 3.11. The van der Waals surface area contributed by atoms with E-state index in [1.54, 1.807) is 30.3 Å². The van der Waals surface area contributed by atoms with Crippen molar-refractivity contribution < 1.29 is 14.8 Å². The summed E-state index contributed by atoms with van der Waals surface area (Å²) in [6.07, 6.45) is 0. The highest BCUT2D eigenvalue weighted by Gasteiger charge is 2.17. The van der Waals surface area contributed by atoms with Crippen LogP contribution in [0.2, 0.25) is 0 Å². The average molecular weight is 240 g/mol. The fourth-order valence-corrected chi connectivity index (χ4v) is 2.14. The maximum absolute atomic E-state index is 10.5. The molecule has 0 saturated heterocycles. The molecule has 86 valence electrons. The van der Waals surface area contributed by atoms with Crippen LogP contribution < -0.4 is 5.11 Å². The average Bonchev–Trinajstić information content (AvgIpc) is 2.25. The lowest BCUT2D eigenvalue weighted by Gasteiger charge is -2.13. The summed E-state index contributed by atoms with van der Waals surface area (Å²) in [5, 5.41) is 20.3. The highest BCUT2D eigenvalue weighted by atomic mass is 32.2. The summed E-state index contributed by atoms with van der Waals surface area (Å²) >= 11 is 1.01. The van der Waals surface area contributed by atoms with Crippen molar-refractivity contribution in [1.29, 1.82) is 0 Å². The Kier molecular flexibility index (Phi) is 4.78. The minimum Gasteiger partial charge on any atom is -0.549 e. The van der Waals surface area contributed by atoms with Gasteiger partial charge in [-0.3, -0.25) is 10.1 Å². The number of carboxylic acid groups (broad SMARTS) is 1. The molecule has 0 fully saturated rings. The maximum Gasteiger partial charge on any atom is 0.219 e. The summed E-state index contributed by atoms with van der Waals surface area (Å²) in [5.41, 5.74) is 0.755. The minimum atomic E-state index is -1.21. The largest absolute Gasteiger partial charge is 0.549 e. The Morgan fingerprint density at radius 3 is 2.50 bits per heavy atom. The standard InChI is InChI=1S/C10H11NO4S/c12-10(13)7-16-9(6-11(14)15)8-4-2-1-3-5-8/h1-5,9H,6-7H2,(H,12,13)/p-1. The first-order valence-electron chi connectivity index (χ1n) is 4.58. The second-order valence-electron chi connectivity index (χ2n) is 3.10. The molecule has 0 aliphatic heterocycles. The van der Waals surface area contributed by atoms with Crippen molar-refractivity contribution in [3.05, 3.63) is 46.0 Å². The van der Waals surface area contributed by atoms with Crippen LogP contribution in [0.25, 0.3) is 0 Å². The summed E-state index contributed by atoms with van der Waals surface area (Å²) in [7, 11) is 0. The zero-order chi connectivity index (χ0) is 12.0. The Morgan fingerprint density at radius 2 is 2.00 bits per heavy atom. The zero-order valence-electron chi connectivity index (χ0n) is 8.37. The van der Waals surface area contributed by atoms with Gasteiger partial charge in [0.15, 0.2) is 0 Å². The van der Waals surface area contributed by atoms with Gasteiger partial charge in [0.05, 0.1) is 11.2 Å². The first kappa shape index (κ1) is 12.5. The van der Waals surface area contributed by atoms with Crippen LogP contribution in [-0.2, 0) is 4.79 Å². The Bertz CT molecular complexity index is 368. The van der Waals surface area contributed by atoms with E-state index in [9.17, 15) is 20.0 Å². The number of nitrogens with zero attached hydrogens (tertiary/aromatic N) is 1. The number of carbonyl (C=O) groups excluding carboxylic acids is 1. The molecule has 0 heterocycles. The van der Waals surface area contributed by atoms with Gasteiger partial charge in [-0.1, -0.05) is 30.3 Å². The van der Waals surface area contributed by atoms with Crippen LogP contribution in [0.4, 0.5) is 0 Å². The summed E-state index contributed by atoms with van der Waals surface area (Å²) in [6.45, 7) is -0.290. The third-order valence-electron chi connectivity index (χ3n) is 1.89. The minimum absolute atomic E-state index is 0.243. The molecule has 0 aromatic heterocycles. The molecule has 0 bridgehead atoms. The smallest absolute Gasteiger partial charge is 0.219 e. The lowest BCUT2D eigenvalue weighted by molar-refractivity contribution is -0.479. The fraction of sp³-hybridized carbons (Fsp3) is 0.300. The van der Waals surface area contributed by atoms with E-state index in [1.165, 1.54) is 0 Å². The van der Waals surface area contributed by atoms with Gasteiger partial charge < -0.3 is 9.90 Å². The topological polar surface area (TPSA) is 83.3 Å². The number of nitro groups is 1. The Morgan fingerprint density at radius 1 is 1.38 bits per heavy atom. The molecule has 0 spiro atoms. The van der Waals surface area contributed by atoms with Crippen LogP contribution >= 0.6 is 11.8 Å². The highest BCUT2D eigenvalue weighted by molar-refractivity contribution is 8.00. The number of thioether (sulfide) groups is 1. The second-order valence-corrected chi connectivity index (χ2v) is 4.29. The van der Waals surface area contributed by atoms with Gasteiger partial charge in [-0.15, -0.1) is 11.8 Å². The molecule has 1 unspecified atom stereocenters. The molecule has 0 saturated carbocycles. The number of carboxylic acids is 1. The SMILES string of the molecule is O=C([O-])CSC(C[N+](=O)[O-])c1ccccc1. The monoisotopic (exact) mass is 240 g/mol. The summed E-state index contributed by atoms with van der Waals surface area (Å²) in [4.78, 5) is 20.3. The summed E-state index contributed by atoms with van der Waals surface area (Å²) < 4.78 is 0. The van der Waals surface area contributed by atoms with Crippen LogP contribution in [0.3, 0.4) is 0 Å². The second kappa shape index (κ2) is 6.12. The molecule has 0 N–H and O–H groups in total. The number of benzene rings is 1. The van der Waals surface area contributed by atoms with Crippen LogP contribution in [0.1, 0.15) is 10.8 Å². The number of aliphatic carboxylic acids is 1. The van der Waals surface area contributed by atoms with Crippen molar-refractivity contribution in [2.24, 2.45) is 0 Å². The predicted molar refractivity (Wildman–Crippen MR) is 58.5 cm³/mol. The van der Waals surface area contributed by atoms with Crippen molar-refractivity contribution in [1.82, 2.24) is 0 Å². The molecule has 0 amide bonds. The van der Waals surface area contributed by atoms with E-state index in [0.29, 0.717) is 0 Å². The first-order valence-corrected chi connectivity index (χ1v) is 5.62. The number of rotatable bonds is 6. The number of carbonyl (C=O) groups is 1. The number of hydrogen-bond acceptors (Lipinski definition) is 5. The Hall–Kier alpha value is -1.56. The van der Waals surface area contributed by atoms with Gasteiger partial charge in [0.2, 0.25) is 6.54 Å². The third kappa shape index (κ3) is 4.31. The van der Waals surface area contributed by atoms with Crippen molar-refractivity contribution in [2.75, 3.05) is 12.3 Å². The van der Waals surface area contributed by atoms with Gasteiger partial charge in [0.1, 0.15) is 0 Å². The molecule has 0 radical (unpaired) electrons. The van der Waals surface area contributed by atoms with E-state index in [1.807, 2.05) is 0 Å². The fourth-order valence-electron chi connectivity index (χ4n) is 1.23. The van der Waals surface area contributed by atoms with Gasteiger partial charge in [-0.25, -0.2) is 0 Å². The van der Waals surface area contributed by atoms with Crippen LogP contribution in [0.15, 0.2) is 30.3 Å². The molecule has 1 aromatic rings. The predicted octanol–water partition coefficient (Wildman–Crippen LogP) is 0.487. The Labute approximate surface area is 96.6 Å². The molecule has 5 nitrogen and oxygen atoms in total. The van der Waals surface area contributed by atoms with E-state index in [4.69, 9.17) is 0 Å². The van der Waals surface area contributed by atoms with E-state index >= 15 is 0 Å². The molecule has 6 heteroatoms. The lowest BCUT2D eigenvalue weighted by atomic mass is 10.1. The van der Waals surface area contributed by atoms with Crippen molar-refractivity contribution >= 4 is 17.7 Å². The van der Waals surface area contributed by atoms with Crippen molar-refractivity contribution in [3.63, 3.8) is 0 Å². The Balaban J connectivity index is 2.71. The van der Waals surface area contributed by atoms with Gasteiger partial charge in [0, 0.05) is 10.7 Å². The van der Waals surface area contributed by atoms with E-state index < -0.39 is 16.1 Å². The molecule has 16 heavy (non-hydrogen) atoms. The van der Waals surface area contributed by atoms with Gasteiger partial charge in [-0.2, -0.15) is 0 Å². The lowest BCUT2D eigenvalue weighted by Crippen LogP contribution is -2.25. The first-order chi connectivity index (χ1) is 7.59.